The van der Waals surface area contributed by atoms with E-state index in [1.165, 1.54) is 0 Å². The summed E-state index contributed by atoms with van der Waals surface area (Å²) in [6.45, 7) is 4.85. The Morgan fingerprint density at radius 1 is 1.45 bits per heavy atom. The van der Waals surface area contributed by atoms with Gasteiger partial charge < -0.3 is 20.3 Å². The van der Waals surface area contributed by atoms with Crippen molar-refractivity contribution in [1.82, 2.24) is 15.1 Å². The van der Waals surface area contributed by atoms with Gasteiger partial charge in [-0.1, -0.05) is 11.6 Å². The summed E-state index contributed by atoms with van der Waals surface area (Å²) in [5.41, 5.74) is 1.59. The largest absolute Gasteiger partial charge is 0.390 e. The van der Waals surface area contributed by atoms with Gasteiger partial charge >= 0.3 is 0 Å². The van der Waals surface area contributed by atoms with Gasteiger partial charge in [-0.15, -0.1) is 0 Å². The van der Waals surface area contributed by atoms with Crippen LogP contribution in [0.1, 0.15) is 17.8 Å². The molecule has 1 aromatic rings. The van der Waals surface area contributed by atoms with Crippen LogP contribution in [0.15, 0.2) is 0 Å². The maximum Gasteiger partial charge on any atom is 0.221 e. The number of ether oxygens (including phenoxy) is 1. The molecule has 0 saturated carbocycles. The molecular weight excluding hydrogens is 310 g/mol. The zero-order valence-corrected chi connectivity index (χ0v) is 13.5. The summed E-state index contributed by atoms with van der Waals surface area (Å²) in [5.74, 6) is -0.438. The highest BCUT2D eigenvalue weighted by Gasteiger charge is 2.31. The molecule has 1 aliphatic rings. The highest BCUT2D eigenvalue weighted by atomic mass is 35.5. The van der Waals surface area contributed by atoms with E-state index in [9.17, 15) is 15.0 Å². The van der Waals surface area contributed by atoms with Gasteiger partial charge in [-0.3, -0.25) is 9.48 Å². The second kappa shape index (κ2) is 7.41. The number of halogens is 1. The Hall–Kier alpha value is -1.15. The summed E-state index contributed by atoms with van der Waals surface area (Å²) in [7, 11) is 0. The molecule has 0 radical (unpaired) electrons. The predicted molar refractivity (Wildman–Crippen MR) is 80.7 cm³/mol. The lowest BCUT2D eigenvalue weighted by molar-refractivity contribution is -0.128. The van der Waals surface area contributed by atoms with Gasteiger partial charge in [-0.05, 0) is 13.8 Å². The number of carbonyl (C=O) groups excluding carboxylic acids is 1. The summed E-state index contributed by atoms with van der Waals surface area (Å²) in [4.78, 5) is 11.9. The Labute approximate surface area is 134 Å². The summed E-state index contributed by atoms with van der Waals surface area (Å²) >= 11 is 6.06. The van der Waals surface area contributed by atoms with E-state index in [0.717, 1.165) is 11.4 Å². The first-order valence-electron chi connectivity index (χ1n) is 7.30. The average Bonchev–Trinajstić information content (AvgIpc) is 2.74. The van der Waals surface area contributed by atoms with E-state index in [4.69, 9.17) is 16.3 Å². The van der Waals surface area contributed by atoms with Crippen molar-refractivity contribution < 1.29 is 19.7 Å². The second-order valence-electron chi connectivity index (χ2n) is 5.62. The third-order valence-electron chi connectivity index (χ3n) is 3.90. The van der Waals surface area contributed by atoms with E-state index in [2.05, 4.69) is 10.4 Å². The number of amides is 1. The van der Waals surface area contributed by atoms with Gasteiger partial charge in [0.1, 0.15) is 6.10 Å². The van der Waals surface area contributed by atoms with Crippen LogP contribution in [-0.4, -0.2) is 57.9 Å². The Morgan fingerprint density at radius 2 is 2.18 bits per heavy atom. The minimum atomic E-state index is -0.896. The van der Waals surface area contributed by atoms with Gasteiger partial charge in [0.25, 0.3) is 0 Å². The lowest BCUT2D eigenvalue weighted by Crippen LogP contribution is -2.48. The minimum absolute atomic E-state index is 0.129. The molecule has 1 amide bonds. The molecule has 2 heterocycles. The van der Waals surface area contributed by atoms with Crippen molar-refractivity contribution in [2.45, 2.75) is 39.0 Å². The SMILES string of the molecule is Cc1nn(CCC(=O)NC[C@@H]2COC[C@@H](O)[C@H]2O)c(C)c1Cl. The first-order chi connectivity index (χ1) is 10.4. The fourth-order valence-electron chi connectivity index (χ4n) is 2.46. The zero-order valence-electron chi connectivity index (χ0n) is 12.8. The quantitative estimate of drug-likeness (QED) is 0.707. The summed E-state index contributed by atoms with van der Waals surface area (Å²) in [6, 6.07) is 0. The molecule has 0 aromatic carbocycles. The van der Waals surface area contributed by atoms with Gasteiger partial charge in [-0.2, -0.15) is 5.10 Å². The zero-order chi connectivity index (χ0) is 16.3. The van der Waals surface area contributed by atoms with Gasteiger partial charge in [-0.25, -0.2) is 0 Å². The number of nitrogens with one attached hydrogen (secondary N) is 1. The van der Waals surface area contributed by atoms with Crippen LogP contribution in [0.3, 0.4) is 0 Å². The molecule has 3 atom stereocenters. The van der Waals surface area contributed by atoms with E-state index in [0.29, 0.717) is 18.2 Å². The first kappa shape index (κ1) is 17.2. The van der Waals surface area contributed by atoms with Crippen molar-refractivity contribution in [3.05, 3.63) is 16.4 Å². The Bertz CT molecular complexity index is 534. The molecular formula is C14H22ClN3O4. The number of hydrogen-bond acceptors (Lipinski definition) is 5. The second-order valence-corrected chi connectivity index (χ2v) is 6.00. The van der Waals surface area contributed by atoms with Crippen LogP contribution in [0.5, 0.6) is 0 Å². The highest BCUT2D eigenvalue weighted by molar-refractivity contribution is 6.31. The van der Waals surface area contributed by atoms with Gasteiger partial charge in [0.15, 0.2) is 0 Å². The number of carbonyl (C=O) groups is 1. The number of aryl methyl sites for hydroxylation is 2. The molecule has 8 heteroatoms. The highest BCUT2D eigenvalue weighted by Crippen LogP contribution is 2.19. The molecule has 0 aliphatic carbocycles. The molecule has 3 N–H and O–H groups in total. The van der Waals surface area contributed by atoms with Crippen molar-refractivity contribution in [2.75, 3.05) is 19.8 Å². The average molecular weight is 332 g/mol. The third kappa shape index (κ3) is 3.98. The Balaban J connectivity index is 1.77. The fourth-order valence-corrected chi connectivity index (χ4v) is 2.60. The lowest BCUT2D eigenvalue weighted by atomic mass is 9.96. The summed E-state index contributed by atoms with van der Waals surface area (Å²) < 4.78 is 6.88. The van der Waals surface area contributed by atoms with E-state index >= 15 is 0 Å². The van der Waals surface area contributed by atoms with Crippen LogP contribution in [-0.2, 0) is 16.1 Å². The van der Waals surface area contributed by atoms with Crippen molar-refractivity contribution >= 4 is 17.5 Å². The Kier molecular flexibility index (Phi) is 5.80. The van der Waals surface area contributed by atoms with Crippen LogP contribution < -0.4 is 5.32 Å². The number of hydrogen-bond donors (Lipinski definition) is 3. The van der Waals surface area contributed by atoms with Crippen LogP contribution in [0.2, 0.25) is 5.02 Å². The van der Waals surface area contributed by atoms with E-state index in [-0.39, 0.29) is 31.4 Å². The smallest absolute Gasteiger partial charge is 0.221 e. The number of rotatable bonds is 5. The molecule has 1 aromatic heterocycles. The van der Waals surface area contributed by atoms with Crippen molar-refractivity contribution in [1.29, 1.82) is 0 Å². The van der Waals surface area contributed by atoms with Crippen LogP contribution >= 0.6 is 11.6 Å². The number of aliphatic hydroxyl groups excluding tert-OH is 2. The molecule has 0 bridgehead atoms. The minimum Gasteiger partial charge on any atom is -0.390 e. The summed E-state index contributed by atoms with van der Waals surface area (Å²) in [5, 5.41) is 27.0. The summed E-state index contributed by atoms with van der Waals surface area (Å²) in [6.07, 6.45) is -1.50. The van der Waals surface area contributed by atoms with E-state index < -0.39 is 12.2 Å². The molecule has 1 saturated heterocycles. The number of aromatic nitrogens is 2. The van der Waals surface area contributed by atoms with Gasteiger partial charge in [0.2, 0.25) is 5.91 Å². The number of nitrogens with zero attached hydrogens (tertiary/aromatic N) is 2. The van der Waals surface area contributed by atoms with E-state index in [1.54, 1.807) is 4.68 Å². The molecule has 22 heavy (non-hydrogen) atoms. The van der Waals surface area contributed by atoms with Crippen LogP contribution in [0.25, 0.3) is 0 Å². The van der Waals surface area contributed by atoms with Crippen molar-refractivity contribution in [3.63, 3.8) is 0 Å². The molecule has 7 nitrogen and oxygen atoms in total. The predicted octanol–water partition coefficient (Wildman–Crippen LogP) is 0.0278. The molecule has 1 fully saturated rings. The van der Waals surface area contributed by atoms with Crippen LogP contribution in [0, 0.1) is 19.8 Å². The topological polar surface area (TPSA) is 96.6 Å². The van der Waals surface area contributed by atoms with Gasteiger partial charge in [0.05, 0.1) is 42.3 Å². The molecule has 2 rings (SSSR count). The molecule has 124 valence electrons. The molecule has 0 spiro atoms. The molecule has 1 aliphatic heterocycles. The number of aliphatic hydroxyl groups is 2. The van der Waals surface area contributed by atoms with E-state index in [1.807, 2.05) is 13.8 Å². The Morgan fingerprint density at radius 3 is 2.82 bits per heavy atom. The fraction of sp³-hybridized carbons (Fsp3) is 0.714. The third-order valence-corrected chi connectivity index (χ3v) is 4.45. The maximum absolute atomic E-state index is 11.9. The standard InChI is InChI=1S/C14H22ClN3O4/c1-8-13(15)9(2)18(17-8)4-3-12(20)16-5-10-6-22-7-11(19)14(10)21/h10-11,14,19,21H,3-7H2,1-2H3,(H,16,20)/t10-,11-,14+/m1/s1. The monoisotopic (exact) mass is 331 g/mol. The lowest BCUT2D eigenvalue weighted by Gasteiger charge is -2.31. The van der Waals surface area contributed by atoms with Gasteiger partial charge in [0, 0.05) is 18.9 Å². The van der Waals surface area contributed by atoms with Crippen molar-refractivity contribution in [2.24, 2.45) is 5.92 Å². The van der Waals surface area contributed by atoms with Crippen molar-refractivity contribution in [3.8, 4) is 0 Å². The maximum atomic E-state index is 11.9. The normalized spacial score (nSPS) is 25.2. The van der Waals surface area contributed by atoms with Crippen LogP contribution in [0.4, 0.5) is 0 Å². The molecule has 0 unspecified atom stereocenters. The first-order valence-corrected chi connectivity index (χ1v) is 7.68.